The predicted molar refractivity (Wildman–Crippen MR) is 75.3 cm³/mol. The molecule has 7 heteroatoms. The highest BCUT2D eigenvalue weighted by Gasteiger charge is 2.10. The number of aromatic nitrogens is 1. The number of rotatable bonds is 4. The summed E-state index contributed by atoms with van der Waals surface area (Å²) < 4.78 is 5.52. The number of imide groups is 1. The summed E-state index contributed by atoms with van der Waals surface area (Å²) in [6.45, 7) is 0. The van der Waals surface area contributed by atoms with E-state index in [1.807, 2.05) is 30.3 Å². The number of benzene rings is 1. The first-order chi connectivity index (χ1) is 9.69. The fourth-order valence-corrected chi connectivity index (χ4v) is 2.02. The van der Waals surface area contributed by atoms with Crippen LogP contribution in [0.15, 0.2) is 46.2 Å². The van der Waals surface area contributed by atoms with Crippen molar-refractivity contribution >= 4 is 23.7 Å². The molecule has 0 aliphatic heterocycles. The van der Waals surface area contributed by atoms with Crippen molar-refractivity contribution in [1.29, 1.82) is 0 Å². The number of hydrogen-bond acceptors (Lipinski definition) is 5. The molecule has 2 rings (SSSR count). The zero-order valence-electron chi connectivity index (χ0n) is 10.8. The Labute approximate surface area is 120 Å². The van der Waals surface area contributed by atoms with Crippen LogP contribution in [0.3, 0.4) is 0 Å². The molecule has 0 aliphatic rings. The second-order valence-electron chi connectivity index (χ2n) is 3.77. The second kappa shape index (κ2) is 6.76. The van der Waals surface area contributed by atoms with E-state index in [4.69, 9.17) is 4.42 Å². The summed E-state index contributed by atoms with van der Waals surface area (Å²) in [7, 11) is 1.44. The number of thioether (sulfide) groups is 1. The van der Waals surface area contributed by atoms with E-state index >= 15 is 0 Å². The molecule has 0 radical (unpaired) electrons. The number of hydrogen-bond donors (Lipinski definition) is 2. The molecule has 6 nitrogen and oxygen atoms in total. The predicted octanol–water partition coefficient (Wildman–Crippen LogP) is 1.89. The molecule has 0 unspecified atom stereocenters. The lowest BCUT2D eigenvalue weighted by Crippen LogP contribution is -2.38. The molecule has 0 bridgehead atoms. The molecule has 0 saturated heterocycles. The molecule has 1 aromatic carbocycles. The smallest absolute Gasteiger partial charge is 0.321 e. The first kappa shape index (κ1) is 14.1. The summed E-state index contributed by atoms with van der Waals surface area (Å²) in [5.41, 5.74) is 0.918. The Morgan fingerprint density at radius 3 is 2.75 bits per heavy atom. The van der Waals surface area contributed by atoms with Crippen molar-refractivity contribution in [2.45, 2.75) is 5.22 Å². The quantitative estimate of drug-likeness (QED) is 0.840. The van der Waals surface area contributed by atoms with E-state index in [0.29, 0.717) is 11.0 Å². The molecule has 20 heavy (non-hydrogen) atoms. The lowest BCUT2D eigenvalue weighted by Gasteiger charge is -2.00. The highest BCUT2D eigenvalue weighted by Crippen LogP contribution is 2.24. The van der Waals surface area contributed by atoms with Crippen molar-refractivity contribution < 1.29 is 14.0 Å². The van der Waals surface area contributed by atoms with Crippen molar-refractivity contribution in [1.82, 2.24) is 15.6 Å². The molecule has 1 aromatic heterocycles. The molecule has 2 aromatic rings. The number of carbonyl (C=O) groups excluding carboxylic acids is 2. The van der Waals surface area contributed by atoms with Gasteiger partial charge in [-0.25, -0.2) is 9.78 Å². The molecular weight excluding hydrogens is 278 g/mol. The maximum absolute atomic E-state index is 11.4. The van der Waals surface area contributed by atoms with Gasteiger partial charge >= 0.3 is 6.03 Å². The number of amides is 3. The molecular formula is C13H13N3O3S. The average molecular weight is 291 g/mol. The summed E-state index contributed by atoms with van der Waals surface area (Å²) in [6.07, 6.45) is 1.61. The van der Waals surface area contributed by atoms with Crippen molar-refractivity contribution in [3.05, 3.63) is 36.5 Å². The van der Waals surface area contributed by atoms with Gasteiger partial charge in [0.2, 0.25) is 5.91 Å². The largest absolute Gasteiger partial charge is 0.431 e. The first-order valence-electron chi connectivity index (χ1n) is 5.84. The Hall–Kier alpha value is -2.28. The minimum absolute atomic E-state index is 0.0577. The third kappa shape index (κ3) is 3.86. The zero-order valence-corrected chi connectivity index (χ0v) is 11.6. The summed E-state index contributed by atoms with van der Waals surface area (Å²) in [4.78, 5) is 26.4. The Morgan fingerprint density at radius 1 is 1.30 bits per heavy atom. The molecule has 3 amide bonds. The highest BCUT2D eigenvalue weighted by molar-refractivity contribution is 7.99. The van der Waals surface area contributed by atoms with E-state index in [2.05, 4.69) is 15.6 Å². The third-order valence-corrected chi connectivity index (χ3v) is 3.19. The van der Waals surface area contributed by atoms with Gasteiger partial charge in [-0.15, -0.1) is 0 Å². The molecule has 2 N–H and O–H groups in total. The van der Waals surface area contributed by atoms with Gasteiger partial charge < -0.3 is 9.73 Å². The lowest BCUT2D eigenvalue weighted by molar-refractivity contribution is -0.117. The SMILES string of the molecule is CNC(=O)NC(=O)CSc1ncc(-c2ccccc2)o1. The van der Waals surface area contributed by atoms with E-state index in [9.17, 15) is 9.59 Å². The number of nitrogens with zero attached hydrogens (tertiary/aromatic N) is 1. The van der Waals surface area contributed by atoms with Crippen LogP contribution in [-0.2, 0) is 4.79 Å². The van der Waals surface area contributed by atoms with Gasteiger partial charge in [0, 0.05) is 12.6 Å². The maximum Gasteiger partial charge on any atom is 0.321 e. The number of carbonyl (C=O) groups is 2. The summed E-state index contributed by atoms with van der Waals surface area (Å²) in [5.74, 6) is 0.288. The van der Waals surface area contributed by atoms with Crippen LogP contribution in [0.5, 0.6) is 0 Å². The Bertz CT molecular complexity index is 598. The standard InChI is InChI=1S/C13H13N3O3S/c1-14-12(18)16-11(17)8-20-13-15-7-10(19-13)9-5-3-2-4-6-9/h2-7H,8H2,1H3,(H2,14,16,17,18). The Morgan fingerprint density at radius 2 is 2.05 bits per heavy atom. The summed E-state index contributed by atoms with van der Waals surface area (Å²) in [6, 6.07) is 9.01. The van der Waals surface area contributed by atoms with Crippen molar-refractivity contribution in [3.8, 4) is 11.3 Å². The van der Waals surface area contributed by atoms with Crippen LogP contribution in [0.25, 0.3) is 11.3 Å². The fourth-order valence-electron chi connectivity index (χ4n) is 1.41. The van der Waals surface area contributed by atoms with Crippen molar-refractivity contribution in [3.63, 3.8) is 0 Å². The van der Waals surface area contributed by atoms with Crippen LogP contribution in [-0.4, -0.2) is 29.7 Å². The zero-order chi connectivity index (χ0) is 14.4. The van der Waals surface area contributed by atoms with Crippen LogP contribution in [0, 0.1) is 0 Å². The summed E-state index contributed by atoms with van der Waals surface area (Å²) in [5, 5.41) is 4.84. The summed E-state index contributed by atoms with van der Waals surface area (Å²) >= 11 is 1.13. The van der Waals surface area contributed by atoms with E-state index < -0.39 is 11.9 Å². The normalized spacial score (nSPS) is 10.1. The van der Waals surface area contributed by atoms with Crippen LogP contribution in [0.2, 0.25) is 0 Å². The highest BCUT2D eigenvalue weighted by atomic mass is 32.2. The minimum Gasteiger partial charge on any atom is -0.431 e. The topological polar surface area (TPSA) is 84.2 Å². The third-order valence-electron chi connectivity index (χ3n) is 2.35. The van der Waals surface area contributed by atoms with E-state index in [0.717, 1.165) is 17.3 Å². The molecule has 0 saturated carbocycles. The van der Waals surface area contributed by atoms with E-state index in [1.54, 1.807) is 6.20 Å². The monoisotopic (exact) mass is 291 g/mol. The fraction of sp³-hybridized carbons (Fsp3) is 0.154. The van der Waals surface area contributed by atoms with Gasteiger partial charge in [-0.1, -0.05) is 42.1 Å². The van der Waals surface area contributed by atoms with Gasteiger partial charge in [0.1, 0.15) is 0 Å². The number of nitrogens with one attached hydrogen (secondary N) is 2. The molecule has 0 aliphatic carbocycles. The van der Waals surface area contributed by atoms with Gasteiger partial charge in [0.25, 0.3) is 5.22 Å². The molecule has 1 heterocycles. The lowest BCUT2D eigenvalue weighted by atomic mass is 10.2. The van der Waals surface area contributed by atoms with Gasteiger partial charge in [-0.05, 0) is 0 Å². The van der Waals surface area contributed by atoms with Gasteiger partial charge in [-0.3, -0.25) is 10.1 Å². The van der Waals surface area contributed by atoms with E-state index in [-0.39, 0.29) is 5.75 Å². The minimum atomic E-state index is -0.534. The van der Waals surface area contributed by atoms with Gasteiger partial charge in [0.05, 0.1) is 11.9 Å². The van der Waals surface area contributed by atoms with Gasteiger partial charge in [0.15, 0.2) is 5.76 Å². The van der Waals surface area contributed by atoms with Gasteiger partial charge in [-0.2, -0.15) is 0 Å². The van der Waals surface area contributed by atoms with Crippen LogP contribution >= 0.6 is 11.8 Å². The Kier molecular flexibility index (Phi) is 4.78. The van der Waals surface area contributed by atoms with Crippen LogP contribution < -0.4 is 10.6 Å². The van der Waals surface area contributed by atoms with Crippen LogP contribution in [0.1, 0.15) is 0 Å². The van der Waals surface area contributed by atoms with Crippen molar-refractivity contribution in [2.75, 3.05) is 12.8 Å². The first-order valence-corrected chi connectivity index (χ1v) is 6.83. The molecule has 0 fully saturated rings. The van der Waals surface area contributed by atoms with Crippen molar-refractivity contribution in [2.24, 2.45) is 0 Å². The molecule has 0 spiro atoms. The second-order valence-corrected chi connectivity index (χ2v) is 4.70. The molecule has 0 atom stereocenters. The van der Waals surface area contributed by atoms with Crippen LogP contribution in [0.4, 0.5) is 4.79 Å². The number of oxazole rings is 1. The number of urea groups is 1. The average Bonchev–Trinajstić information content (AvgIpc) is 2.95. The maximum atomic E-state index is 11.4. The molecule has 104 valence electrons. The Balaban J connectivity index is 1.91. The van der Waals surface area contributed by atoms with E-state index in [1.165, 1.54) is 7.05 Å².